The van der Waals surface area contributed by atoms with Crippen molar-refractivity contribution in [1.82, 2.24) is 19.9 Å². The maximum absolute atomic E-state index is 13.7. The number of hydrogen-bond donors (Lipinski definition) is 2. The molecule has 172 valence electrons. The van der Waals surface area contributed by atoms with Crippen molar-refractivity contribution in [2.75, 3.05) is 19.4 Å². The monoisotopic (exact) mass is 457 g/mol. The number of aromatic nitrogens is 3. The first-order valence-corrected chi connectivity index (χ1v) is 11.0. The van der Waals surface area contributed by atoms with Gasteiger partial charge in [-0.05, 0) is 54.1 Å². The average molecular weight is 458 g/mol. The molecule has 8 heteroatoms. The number of nitrogens with two attached hydrogens (primary N) is 1. The molecule has 0 saturated carbocycles. The van der Waals surface area contributed by atoms with Crippen LogP contribution in [0.2, 0.25) is 0 Å². The Labute approximate surface area is 196 Å². The van der Waals surface area contributed by atoms with Gasteiger partial charge in [0.15, 0.2) is 0 Å². The van der Waals surface area contributed by atoms with Crippen molar-refractivity contribution in [3.63, 3.8) is 0 Å². The molecular weight excluding hydrogens is 433 g/mol. The number of rotatable bonds is 5. The minimum Gasteiger partial charge on any atom is -0.496 e. The predicted octanol–water partition coefficient (Wildman–Crippen LogP) is 3.79. The molecule has 7 nitrogen and oxygen atoms in total. The van der Waals surface area contributed by atoms with E-state index in [-0.39, 0.29) is 11.4 Å². The molecule has 1 aliphatic rings. The first-order valence-electron chi connectivity index (χ1n) is 11.0. The highest BCUT2D eigenvalue weighted by atomic mass is 19.1. The summed E-state index contributed by atoms with van der Waals surface area (Å²) in [5, 5.41) is 0. The van der Waals surface area contributed by atoms with Crippen LogP contribution < -0.4 is 16.0 Å². The van der Waals surface area contributed by atoms with Gasteiger partial charge in [0.1, 0.15) is 17.4 Å². The summed E-state index contributed by atoms with van der Waals surface area (Å²) in [4.78, 5) is 27.1. The number of aromatic amines is 1. The van der Waals surface area contributed by atoms with E-state index in [0.717, 1.165) is 23.4 Å². The van der Waals surface area contributed by atoms with E-state index >= 15 is 0 Å². The highest BCUT2D eigenvalue weighted by molar-refractivity contribution is 5.67. The number of pyridine rings is 1. The number of benzene rings is 2. The van der Waals surface area contributed by atoms with Gasteiger partial charge in [-0.3, -0.25) is 14.7 Å². The van der Waals surface area contributed by atoms with Crippen LogP contribution in [0.3, 0.4) is 0 Å². The molecule has 0 saturated heterocycles. The van der Waals surface area contributed by atoms with Crippen LogP contribution in [0.15, 0.2) is 65.6 Å². The van der Waals surface area contributed by atoms with E-state index in [4.69, 9.17) is 15.5 Å². The van der Waals surface area contributed by atoms with Gasteiger partial charge in [0.25, 0.3) is 5.56 Å². The van der Waals surface area contributed by atoms with Crippen LogP contribution in [0, 0.1) is 5.82 Å². The molecule has 0 aliphatic carbocycles. The summed E-state index contributed by atoms with van der Waals surface area (Å²) >= 11 is 0. The van der Waals surface area contributed by atoms with Crippen LogP contribution in [0.4, 0.5) is 10.1 Å². The van der Waals surface area contributed by atoms with Gasteiger partial charge >= 0.3 is 0 Å². The van der Waals surface area contributed by atoms with Gasteiger partial charge < -0.3 is 15.5 Å². The van der Waals surface area contributed by atoms with E-state index in [0.29, 0.717) is 53.6 Å². The number of halogens is 1. The third kappa shape index (κ3) is 4.40. The predicted molar refractivity (Wildman–Crippen MR) is 129 cm³/mol. The molecule has 0 fully saturated rings. The lowest BCUT2D eigenvalue weighted by Gasteiger charge is -2.27. The van der Waals surface area contributed by atoms with Crippen molar-refractivity contribution in [3.8, 4) is 28.4 Å². The number of hydrogen-bond acceptors (Lipinski definition) is 6. The number of nitrogen functional groups attached to an aromatic ring is 1. The second kappa shape index (κ2) is 9.07. The van der Waals surface area contributed by atoms with Crippen LogP contribution >= 0.6 is 0 Å². The minimum absolute atomic E-state index is 0.117. The number of ether oxygens (including phenoxy) is 1. The zero-order chi connectivity index (χ0) is 23.7. The number of nitrogens with one attached hydrogen (secondary N) is 1. The van der Waals surface area contributed by atoms with Crippen molar-refractivity contribution < 1.29 is 9.13 Å². The summed E-state index contributed by atoms with van der Waals surface area (Å²) in [6.07, 6.45) is 2.47. The molecule has 2 aromatic heterocycles. The number of H-pyrrole nitrogens is 1. The number of anilines is 1. The van der Waals surface area contributed by atoms with Gasteiger partial charge in [0.2, 0.25) is 0 Å². The molecule has 3 N–H and O–H groups in total. The Morgan fingerprint density at radius 3 is 2.71 bits per heavy atom. The molecule has 0 bridgehead atoms. The topological polar surface area (TPSA) is 97.1 Å². The molecule has 4 aromatic rings. The van der Waals surface area contributed by atoms with Gasteiger partial charge in [-0.25, -0.2) is 9.37 Å². The smallest absolute Gasteiger partial charge is 0.255 e. The number of nitrogens with zero attached hydrogens (tertiary/aromatic N) is 3. The van der Waals surface area contributed by atoms with E-state index in [9.17, 15) is 9.18 Å². The van der Waals surface area contributed by atoms with Gasteiger partial charge in [-0.1, -0.05) is 6.07 Å². The zero-order valence-corrected chi connectivity index (χ0v) is 18.7. The van der Waals surface area contributed by atoms with Crippen LogP contribution in [0.1, 0.15) is 16.8 Å². The highest BCUT2D eigenvalue weighted by Gasteiger charge is 2.22. The largest absolute Gasteiger partial charge is 0.496 e. The van der Waals surface area contributed by atoms with Gasteiger partial charge in [0, 0.05) is 49.1 Å². The Hall–Kier alpha value is -4.04. The summed E-state index contributed by atoms with van der Waals surface area (Å²) in [5.41, 5.74) is 10.9. The number of fused-ring (bicyclic) bond motifs is 1. The van der Waals surface area contributed by atoms with Crippen molar-refractivity contribution in [2.45, 2.75) is 19.5 Å². The van der Waals surface area contributed by atoms with Crippen molar-refractivity contribution in [1.29, 1.82) is 0 Å². The SMILES string of the molecule is COc1ccc(F)cc1-c1ccc(CN2CCc3nc(-c4ccc(N)cc4)[nH]c(=O)c3C2)cn1. The van der Waals surface area contributed by atoms with E-state index in [1.807, 2.05) is 24.3 Å². The van der Waals surface area contributed by atoms with Crippen LogP contribution in [-0.4, -0.2) is 33.5 Å². The normalized spacial score (nSPS) is 13.5. The summed E-state index contributed by atoms with van der Waals surface area (Å²) in [5.74, 6) is 0.788. The van der Waals surface area contributed by atoms with Gasteiger partial charge in [0.05, 0.1) is 24.1 Å². The van der Waals surface area contributed by atoms with Gasteiger partial charge in [-0.15, -0.1) is 0 Å². The lowest BCUT2D eigenvalue weighted by atomic mass is 10.1. The number of methoxy groups -OCH3 is 1. The van der Waals surface area contributed by atoms with Crippen LogP contribution in [-0.2, 0) is 19.5 Å². The maximum atomic E-state index is 13.7. The average Bonchev–Trinajstić information content (AvgIpc) is 2.85. The second-order valence-corrected chi connectivity index (χ2v) is 8.32. The first-order chi connectivity index (χ1) is 16.5. The molecule has 0 radical (unpaired) electrons. The molecule has 0 unspecified atom stereocenters. The maximum Gasteiger partial charge on any atom is 0.255 e. The third-order valence-electron chi connectivity index (χ3n) is 6.00. The molecule has 34 heavy (non-hydrogen) atoms. The fourth-order valence-electron chi connectivity index (χ4n) is 4.21. The summed E-state index contributed by atoms with van der Waals surface area (Å²) < 4.78 is 19.1. The van der Waals surface area contributed by atoms with Crippen molar-refractivity contribution in [2.24, 2.45) is 0 Å². The zero-order valence-electron chi connectivity index (χ0n) is 18.7. The van der Waals surface area contributed by atoms with E-state index in [2.05, 4.69) is 14.9 Å². The Bertz CT molecular complexity index is 1380. The Morgan fingerprint density at radius 1 is 1.15 bits per heavy atom. The third-order valence-corrected chi connectivity index (χ3v) is 6.00. The summed E-state index contributed by atoms with van der Waals surface area (Å²) in [6, 6.07) is 15.5. The minimum atomic E-state index is -0.341. The first kappa shape index (κ1) is 21.8. The van der Waals surface area contributed by atoms with Crippen LogP contribution in [0.25, 0.3) is 22.6 Å². The summed E-state index contributed by atoms with van der Waals surface area (Å²) in [6.45, 7) is 1.94. The van der Waals surface area contributed by atoms with E-state index < -0.39 is 0 Å². The Kier molecular flexibility index (Phi) is 5.81. The summed E-state index contributed by atoms with van der Waals surface area (Å²) in [7, 11) is 1.55. The van der Waals surface area contributed by atoms with Gasteiger partial charge in [-0.2, -0.15) is 0 Å². The van der Waals surface area contributed by atoms with E-state index in [1.54, 1.807) is 31.5 Å². The van der Waals surface area contributed by atoms with Crippen molar-refractivity contribution >= 4 is 5.69 Å². The highest BCUT2D eigenvalue weighted by Crippen LogP contribution is 2.29. The fourth-order valence-corrected chi connectivity index (χ4v) is 4.21. The quantitative estimate of drug-likeness (QED) is 0.443. The molecule has 0 spiro atoms. The Balaban J connectivity index is 1.32. The molecular formula is C26H24FN5O2. The Morgan fingerprint density at radius 2 is 1.97 bits per heavy atom. The molecule has 3 heterocycles. The second-order valence-electron chi connectivity index (χ2n) is 8.32. The molecule has 2 aromatic carbocycles. The fraction of sp³-hybridized carbons (Fsp3) is 0.192. The standard InChI is InChI=1S/C26H24FN5O2/c1-34-24-9-5-18(27)12-20(24)22-8-2-16(13-29-22)14-32-11-10-23-21(15-32)26(33)31-25(30-23)17-3-6-19(28)7-4-17/h2-9,12-13H,10-11,14-15,28H2,1H3,(H,30,31,33). The molecule has 0 amide bonds. The lowest BCUT2D eigenvalue weighted by Crippen LogP contribution is -2.35. The molecule has 5 rings (SSSR count). The lowest BCUT2D eigenvalue weighted by molar-refractivity contribution is 0.241. The van der Waals surface area contributed by atoms with Crippen LogP contribution in [0.5, 0.6) is 5.75 Å². The molecule has 0 atom stereocenters. The molecule has 1 aliphatic heterocycles. The van der Waals surface area contributed by atoms with Crippen molar-refractivity contribution in [3.05, 3.63) is 93.8 Å². The van der Waals surface area contributed by atoms with E-state index in [1.165, 1.54) is 12.1 Å².